The zero-order chi connectivity index (χ0) is 7.94. The van der Waals surface area contributed by atoms with Crippen LogP contribution in [0.25, 0.3) is 0 Å². The average molecular weight is 214 g/mol. The monoisotopic (exact) mass is 215 g/mol. The van der Waals surface area contributed by atoms with E-state index in [9.17, 15) is 0 Å². The SMILES string of the molecule is CCCC[Se]c1ccccn1. The predicted molar refractivity (Wildman–Crippen MR) is 49.3 cm³/mol. The maximum atomic E-state index is 4.28. The van der Waals surface area contributed by atoms with Crippen molar-refractivity contribution in [1.82, 2.24) is 4.98 Å². The van der Waals surface area contributed by atoms with Gasteiger partial charge in [0.25, 0.3) is 0 Å². The third-order valence-corrected chi connectivity index (χ3v) is 3.55. The van der Waals surface area contributed by atoms with E-state index in [0.717, 1.165) is 0 Å². The van der Waals surface area contributed by atoms with Gasteiger partial charge in [-0.15, -0.1) is 0 Å². The summed E-state index contributed by atoms with van der Waals surface area (Å²) in [6.07, 6.45) is 4.52. The van der Waals surface area contributed by atoms with Gasteiger partial charge >= 0.3 is 74.0 Å². The van der Waals surface area contributed by atoms with Gasteiger partial charge in [0, 0.05) is 0 Å². The van der Waals surface area contributed by atoms with Crippen molar-refractivity contribution >= 4 is 19.5 Å². The molecule has 1 heterocycles. The van der Waals surface area contributed by atoms with Crippen LogP contribution in [0.1, 0.15) is 19.8 Å². The van der Waals surface area contributed by atoms with Crippen LogP contribution in [0.15, 0.2) is 24.4 Å². The summed E-state index contributed by atoms with van der Waals surface area (Å²) in [5, 5.41) is 1.33. The van der Waals surface area contributed by atoms with E-state index in [1.54, 1.807) is 0 Å². The van der Waals surface area contributed by atoms with Crippen molar-refractivity contribution in [3.8, 4) is 0 Å². The molecule has 0 amide bonds. The number of unbranched alkanes of at least 4 members (excludes halogenated alkanes) is 1. The Morgan fingerprint density at radius 3 is 3.00 bits per heavy atom. The quantitative estimate of drug-likeness (QED) is 0.548. The molecule has 0 fully saturated rings. The van der Waals surface area contributed by atoms with Gasteiger partial charge in [0.15, 0.2) is 0 Å². The van der Waals surface area contributed by atoms with Crippen molar-refractivity contribution in [2.45, 2.75) is 25.1 Å². The Labute approximate surface area is 74.4 Å². The molecule has 1 nitrogen and oxygen atoms in total. The number of hydrogen-bond donors (Lipinski definition) is 0. The molecule has 0 N–H and O–H groups in total. The van der Waals surface area contributed by atoms with Crippen LogP contribution < -0.4 is 4.59 Å². The van der Waals surface area contributed by atoms with E-state index in [0.29, 0.717) is 15.0 Å². The number of rotatable bonds is 4. The summed E-state index contributed by atoms with van der Waals surface area (Å²) < 4.78 is 1.29. The van der Waals surface area contributed by atoms with Gasteiger partial charge in [-0.1, -0.05) is 0 Å². The zero-order valence-corrected chi connectivity index (χ0v) is 8.50. The Bertz CT molecular complexity index is 186. The van der Waals surface area contributed by atoms with Crippen molar-refractivity contribution in [2.75, 3.05) is 0 Å². The summed E-state index contributed by atoms with van der Waals surface area (Å²) in [6, 6.07) is 6.16. The molecule has 1 rings (SSSR count). The van der Waals surface area contributed by atoms with Crippen LogP contribution in [0.5, 0.6) is 0 Å². The molecule has 1 aromatic heterocycles. The fraction of sp³-hybridized carbons (Fsp3) is 0.444. The second-order valence-corrected chi connectivity index (χ2v) is 4.71. The third kappa shape index (κ3) is 3.54. The molecular formula is C9H13NSe. The molecule has 11 heavy (non-hydrogen) atoms. The summed E-state index contributed by atoms with van der Waals surface area (Å²) in [5.74, 6) is 0. The van der Waals surface area contributed by atoms with Gasteiger partial charge in [0.05, 0.1) is 0 Å². The van der Waals surface area contributed by atoms with E-state index < -0.39 is 0 Å². The normalized spacial score (nSPS) is 9.91. The van der Waals surface area contributed by atoms with Crippen LogP contribution in [0.4, 0.5) is 0 Å². The average Bonchev–Trinajstić information content (AvgIpc) is 2.07. The molecule has 0 unspecified atom stereocenters. The number of pyridine rings is 1. The molecule has 0 atom stereocenters. The molecule has 0 saturated heterocycles. The standard InChI is InChI=1S/C9H13NSe/c1-2-3-8-11-9-6-4-5-7-10-9/h4-7H,2-3,8H2,1H3. The fourth-order valence-electron chi connectivity index (χ4n) is 0.754. The summed E-state index contributed by atoms with van der Waals surface area (Å²) in [6.45, 7) is 2.23. The molecule has 0 aliphatic carbocycles. The Kier molecular flexibility index (Phi) is 4.25. The predicted octanol–water partition coefficient (Wildman–Crippen LogP) is 1.63. The Morgan fingerprint density at radius 2 is 2.36 bits per heavy atom. The van der Waals surface area contributed by atoms with Crippen molar-refractivity contribution in [2.24, 2.45) is 0 Å². The Hall–Kier alpha value is -0.331. The summed E-state index contributed by atoms with van der Waals surface area (Å²) in [7, 11) is 0. The van der Waals surface area contributed by atoms with Gasteiger partial charge in [-0.3, -0.25) is 0 Å². The molecule has 0 aliphatic heterocycles. The van der Waals surface area contributed by atoms with Gasteiger partial charge in [-0.25, -0.2) is 0 Å². The molecule has 60 valence electrons. The van der Waals surface area contributed by atoms with Gasteiger partial charge in [0.1, 0.15) is 0 Å². The first-order valence-corrected chi connectivity index (χ1v) is 6.04. The van der Waals surface area contributed by atoms with Crippen LogP contribution in [-0.4, -0.2) is 19.9 Å². The molecule has 0 bridgehead atoms. The third-order valence-electron chi connectivity index (χ3n) is 1.39. The number of aromatic nitrogens is 1. The number of hydrogen-bond acceptors (Lipinski definition) is 1. The molecular weight excluding hydrogens is 201 g/mol. The molecule has 1 aromatic rings. The van der Waals surface area contributed by atoms with E-state index in [1.165, 1.54) is 22.8 Å². The minimum atomic E-state index is 0.608. The second kappa shape index (κ2) is 5.34. The van der Waals surface area contributed by atoms with Crippen LogP contribution in [0, 0.1) is 0 Å². The van der Waals surface area contributed by atoms with Crippen LogP contribution in [0.3, 0.4) is 0 Å². The van der Waals surface area contributed by atoms with Crippen LogP contribution >= 0.6 is 0 Å². The van der Waals surface area contributed by atoms with Crippen molar-refractivity contribution in [3.63, 3.8) is 0 Å². The zero-order valence-electron chi connectivity index (χ0n) is 6.79. The van der Waals surface area contributed by atoms with E-state index in [4.69, 9.17) is 0 Å². The van der Waals surface area contributed by atoms with E-state index in [1.807, 2.05) is 12.3 Å². The first kappa shape index (κ1) is 8.76. The van der Waals surface area contributed by atoms with Gasteiger partial charge < -0.3 is 0 Å². The molecule has 0 radical (unpaired) electrons. The topological polar surface area (TPSA) is 12.9 Å². The van der Waals surface area contributed by atoms with E-state index >= 15 is 0 Å². The molecule has 0 spiro atoms. The van der Waals surface area contributed by atoms with Crippen LogP contribution in [0.2, 0.25) is 5.32 Å². The first-order chi connectivity index (χ1) is 5.43. The second-order valence-electron chi connectivity index (χ2n) is 2.37. The maximum absolute atomic E-state index is 4.28. The van der Waals surface area contributed by atoms with Crippen LogP contribution in [-0.2, 0) is 0 Å². The van der Waals surface area contributed by atoms with E-state index in [2.05, 4.69) is 24.0 Å². The first-order valence-electron chi connectivity index (χ1n) is 3.97. The van der Waals surface area contributed by atoms with Crippen molar-refractivity contribution in [1.29, 1.82) is 0 Å². The summed E-state index contributed by atoms with van der Waals surface area (Å²) >= 11 is 0.608. The minimum absolute atomic E-state index is 0.608. The molecule has 0 aliphatic rings. The number of nitrogens with zero attached hydrogens (tertiary/aromatic N) is 1. The molecule has 0 aromatic carbocycles. The Balaban J connectivity index is 2.28. The molecule has 2 heteroatoms. The van der Waals surface area contributed by atoms with Gasteiger partial charge in [-0.2, -0.15) is 0 Å². The summed E-state index contributed by atoms with van der Waals surface area (Å²) in [4.78, 5) is 4.28. The van der Waals surface area contributed by atoms with Gasteiger partial charge in [-0.05, 0) is 0 Å². The fourth-order valence-corrected chi connectivity index (χ4v) is 2.75. The van der Waals surface area contributed by atoms with Crippen molar-refractivity contribution in [3.05, 3.63) is 24.4 Å². The molecule has 0 saturated carbocycles. The van der Waals surface area contributed by atoms with Crippen molar-refractivity contribution < 1.29 is 0 Å². The van der Waals surface area contributed by atoms with Gasteiger partial charge in [0.2, 0.25) is 0 Å². The Morgan fingerprint density at radius 1 is 1.45 bits per heavy atom. The van der Waals surface area contributed by atoms with E-state index in [-0.39, 0.29) is 0 Å². The summed E-state index contributed by atoms with van der Waals surface area (Å²) in [5.41, 5.74) is 0.